The Morgan fingerprint density at radius 3 is 3.07 bits per heavy atom. The summed E-state index contributed by atoms with van der Waals surface area (Å²) < 4.78 is 5.86. The lowest BCUT2D eigenvalue weighted by Gasteiger charge is -2.13. The first-order valence-corrected chi connectivity index (χ1v) is 5.10. The summed E-state index contributed by atoms with van der Waals surface area (Å²) in [6.45, 7) is 0. The summed E-state index contributed by atoms with van der Waals surface area (Å²) in [4.78, 5) is 4.08. The summed E-state index contributed by atoms with van der Waals surface area (Å²) in [6.07, 6.45) is 14.0. The lowest BCUT2D eigenvalue weighted by Crippen LogP contribution is -2.01. The lowest BCUT2D eigenvalue weighted by molar-refractivity contribution is 0.406. The van der Waals surface area contributed by atoms with Gasteiger partial charge in [0.25, 0.3) is 0 Å². The Bertz CT molecular complexity index is 483. The molecule has 0 unspecified atom stereocenters. The summed E-state index contributed by atoms with van der Waals surface area (Å²) in [5, 5.41) is 0. The zero-order valence-electron chi connectivity index (χ0n) is 8.31. The fraction of sp³-hybridized carbons (Fsp3) is 0.154. The summed E-state index contributed by atoms with van der Waals surface area (Å²) >= 11 is 0. The molecular formula is C13H11NO. The topological polar surface area (TPSA) is 22.1 Å². The molecule has 0 fully saturated rings. The Hall–Kier alpha value is -1.83. The number of fused-ring (bicyclic) bond motifs is 1. The lowest BCUT2D eigenvalue weighted by atomic mass is 10.0. The molecule has 74 valence electrons. The third kappa shape index (κ3) is 1.48. The van der Waals surface area contributed by atoms with Crippen LogP contribution >= 0.6 is 0 Å². The van der Waals surface area contributed by atoms with Gasteiger partial charge in [-0.3, -0.25) is 4.98 Å². The standard InChI is InChI=1S/C13H11NO/c1-2-4-12-10(3-1)5-6-11-7-8-14-9-13(11)15-12/h1-2,5-9H,3-4H2. The van der Waals surface area contributed by atoms with Crippen molar-refractivity contribution in [3.8, 4) is 5.75 Å². The maximum atomic E-state index is 5.86. The summed E-state index contributed by atoms with van der Waals surface area (Å²) in [5.41, 5.74) is 2.37. The van der Waals surface area contributed by atoms with Crippen molar-refractivity contribution < 1.29 is 4.74 Å². The zero-order chi connectivity index (χ0) is 10.1. The summed E-state index contributed by atoms with van der Waals surface area (Å²) in [5.74, 6) is 1.91. The van der Waals surface area contributed by atoms with Crippen molar-refractivity contribution in [2.45, 2.75) is 12.8 Å². The third-order valence-electron chi connectivity index (χ3n) is 2.68. The van der Waals surface area contributed by atoms with Crippen LogP contribution in [0.4, 0.5) is 0 Å². The van der Waals surface area contributed by atoms with Gasteiger partial charge < -0.3 is 4.74 Å². The maximum Gasteiger partial charge on any atom is 0.152 e. The Balaban J connectivity index is 2.06. The molecule has 3 rings (SSSR count). The van der Waals surface area contributed by atoms with Crippen LogP contribution in [0.1, 0.15) is 18.4 Å². The van der Waals surface area contributed by atoms with E-state index in [1.54, 1.807) is 12.4 Å². The first kappa shape index (κ1) is 8.48. The minimum atomic E-state index is 0.856. The van der Waals surface area contributed by atoms with Gasteiger partial charge in [-0.15, -0.1) is 0 Å². The van der Waals surface area contributed by atoms with Gasteiger partial charge in [-0.1, -0.05) is 24.3 Å². The smallest absolute Gasteiger partial charge is 0.152 e. The summed E-state index contributed by atoms with van der Waals surface area (Å²) in [7, 11) is 0. The van der Waals surface area contributed by atoms with E-state index in [9.17, 15) is 0 Å². The molecule has 1 aromatic rings. The SMILES string of the molecule is C1=CCC2=C(C=Cc3ccncc3O2)C1. The van der Waals surface area contributed by atoms with Crippen LogP contribution < -0.4 is 4.74 Å². The molecule has 2 heterocycles. The molecule has 1 aromatic heterocycles. The van der Waals surface area contributed by atoms with Crippen molar-refractivity contribution in [3.63, 3.8) is 0 Å². The molecule has 1 aliphatic heterocycles. The van der Waals surface area contributed by atoms with Crippen LogP contribution in [0.3, 0.4) is 0 Å². The molecule has 0 spiro atoms. The first-order valence-electron chi connectivity index (χ1n) is 5.10. The van der Waals surface area contributed by atoms with Crippen LogP contribution in [-0.4, -0.2) is 4.98 Å². The minimum Gasteiger partial charge on any atom is -0.459 e. The van der Waals surface area contributed by atoms with Crippen molar-refractivity contribution >= 4 is 6.08 Å². The van der Waals surface area contributed by atoms with Crippen LogP contribution in [0.15, 0.2) is 48.0 Å². The fourth-order valence-corrected chi connectivity index (χ4v) is 1.85. The van der Waals surface area contributed by atoms with E-state index in [-0.39, 0.29) is 0 Å². The van der Waals surface area contributed by atoms with Gasteiger partial charge in [-0.25, -0.2) is 0 Å². The number of rotatable bonds is 0. The van der Waals surface area contributed by atoms with Gasteiger partial charge in [0.2, 0.25) is 0 Å². The van der Waals surface area contributed by atoms with Crippen LogP contribution in [0.25, 0.3) is 6.08 Å². The summed E-state index contributed by atoms with van der Waals surface area (Å²) in [6, 6.07) is 1.97. The molecule has 0 bridgehead atoms. The molecule has 0 atom stereocenters. The molecule has 0 N–H and O–H groups in total. The van der Waals surface area contributed by atoms with Crippen molar-refractivity contribution in [2.75, 3.05) is 0 Å². The largest absolute Gasteiger partial charge is 0.459 e. The average molecular weight is 197 g/mol. The van der Waals surface area contributed by atoms with E-state index >= 15 is 0 Å². The number of hydrogen-bond acceptors (Lipinski definition) is 2. The number of allylic oxidation sites excluding steroid dienone is 4. The Morgan fingerprint density at radius 1 is 1.13 bits per heavy atom. The van der Waals surface area contributed by atoms with E-state index in [1.165, 1.54) is 5.57 Å². The van der Waals surface area contributed by atoms with E-state index in [0.29, 0.717) is 0 Å². The van der Waals surface area contributed by atoms with Crippen LogP contribution in [0.2, 0.25) is 0 Å². The molecule has 15 heavy (non-hydrogen) atoms. The van der Waals surface area contributed by atoms with Gasteiger partial charge in [0.15, 0.2) is 5.75 Å². The molecule has 2 aliphatic rings. The third-order valence-corrected chi connectivity index (χ3v) is 2.68. The molecule has 0 radical (unpaired) electrons. The molecule has 0 saturated carbocycles. The monoisotopic (exact) mass is 197 g/mol. The van der Waals surface area contributed by atoms with Gasteiger partial charge in [0.1, 0.15) is 5.76 Å². The molecular weight excluding hydrogens is 186 g/mol. The number of aromatic nitrogens is 1. The fourth-order valence-electron chi connectivity index (χ4n) is 1.85. The van der Waals surface area contributed by atoms with Crippen molar-refractivity contribution in [1.29, 1.82) is 0 Å². The van der Waals surface area contributed by atoms with E-state index in [1.807, 2.05) is 6.07 Å². The Morgan fingerprint density at radius 2 is 2.07 bits per heavy atom. The Labute approximate surface area is 88.6 Å². The molecule has 0 saturated heterocycles. The maximum absolute atomic E-state index is 5.86. The van der Waals surface area contributed by atoms with Crippen LogP contribution in [0.5, 0.6) is 5.75 Å². The normalized spacial score (nSPS) is 17.9. The minimum absolute atomic E-state index is 0.856. The highest BCUT2D eigenvalue weighted by molar-refractivity contribution is 5.61. The average Bonchev–Trinajstić information content (AvgIpc) is 2.48. The van der Waals surface area contributed by atoms with Gasteiger partial charge in [-0.2, -0.15) is 0 Å². The second-order valence-electron chi connectivity index (χ2n) is 3.68. The highest BCUT2D eigenvalue weighted by Gasteiger charge is 2.13. The number of hydrogen-bond donors (Lipinski definition) is 0. The van der Waals surface area contributed by atoms with E-state index in [4.69, 9.17) is 4.74 Å². The molecule has 0 aromatic carbocycles. The van der Waals surface area contributed by atoms with Crippen molar-refractivity contribution in [1.82, 2.24) is 4.98 Å². The molecule has 1 aliphatic carbocycles. The molecule has 0 amide bonds. The highest BCUT2D eigenvalue weighted by atomic mass is 16.5. The van der Waals surface area contributed by atoms with Gasteiger partial charge in [-0.05, 0) is 18.1 Å². The van der Waals surface area contributed by atoms with E-state index in [2.05, 4.69) is 29.3 Å². The van der Waals surface area contributed by atoms with E-state index < -0.39 is 0 Å². The van der Waals surface area contributed by atoms with Gasteiger partial charge in [0.05, 0.1) is 6.20 Å². The number of pyridine rings is 1. The second kappa shape index (κ2) is 3.39. The van der Waals surface area contributed by atoms with Gasteiger partial charge in [0, 0.05) is 18.2 Å². The number of ether oxygens (including phenoxy) is 1. The second-order valence-corrected chi connectivity index (χ2v) is 3.68. The quantitative estimate of drug-likeness (QED) is 0.596. The van der Waals surface area contributed by atoms with Crippen LogP contribution in [0, 0.1) is 0 Å². The highest BCUT2D eigenvalue weighted by Crippen LogP contribution is 2.30. The molecule has 2 heteroatoms. The number of nitrogens with zero attached hydrogens (tertiary/aromatic N) is 1. The first-order chi connectivity index (χ1) is 7.43. The van der Waals surface area contributed by atoms with Crippen LogP contribution in [-0.2, 0) is 0 Å². The predicted molar refractivity (Wildman–Crippen MR) is 59.3 cm³/mol. The Kier molecular flexibility index (Phi) is 1.91. The van der Waals surface area contributed by atoms with E-state index in [0.717, 1.165) is 29.9 Å². The molecule has 2 nitrogen and oxygen atoms in total. The van der Waals surface area contributed by atoms with Crippen molar-refractivity contribution in [2.24, 2.45) is 0 Å². The van der Waals surface area contributed by atoms with Gasteiger partial charge >= 0.3 is 0 Å². The zero-order valence-corrected chi connectivity index (χ0v) is 8.31. The van der Waals surface area contributed by atoms with Crippen molar-refractivity contribution in [3.05, 3.63) is 53.6 Å². The predicted octanol–water partition coefficient (Wildman–Crippen LogP) is 3.09.